The van der Waals surface area contributed by atoms with Crippen molar-refractivity contribution >= 4 is 54.0 Å². The third-order valence-electron chi connectivity index (χ3n) is 6.39. The molecule has 200 valence electrons. The number of carbonyl (C=O) groups is 1. The summed E-state index contributed by atoms with van der Waals surface area (Å²) >= 11 is 7.80. The van der Waals surface area contributed by atoms with E-state index in [0.717, 1.165) is 49.5 Å². The van der Waals surface area contributed by atoms with Gasteiger partial charge in [0, 0.05) is 26.2 Å². The monoisotopic (exact) mass is 565 g/mol. The van der Waals surface area contributed by atoms with E-state index in [1.54, 1.807) is 62.3 Å². The number of nitrogens with zero attached hydrogens (tertiary/aromatic N) is 3. The molecule has 2 aromatic carbocycles. The van der Waals surface area contributed by atoms with E-state index in [9.17, 15) is 13.2 Å². The van der Waals surface area contributed by atoms with Gasteiger partial charge in [-0.25, -0.2) is 13.4 Å². The molecule has 0 radical (unpaired) electrons. The SMILES string of the molecule is COc1ccc(Cl)c2sc(N(CCCN3CCOCC3)C(=O)Cc3ccc(S(=O)(=O)C(C)C)cc3)nc12. The highest BCUT2D eigenvalue weighted by Crippen LogP contribution is 2.39. The van der Waals surface area contributed by atoms with Gasteiger partial charge in [-0.2, -0.15) is 0 Å². The van der Waals surface area contributed by atoms with Crippen molar-refractivity contribution < 1.29 is 22.7 Å². The number of rotatable bonds is 10. The minimum Gasteiger partial charge on any atom is -0.494 e. The second-order valence-corrected chi connectivity index (χ2v) is 13.1. The molecule has 3 aromatic rings. The lowest BCUT2D eigenvalue weighted by Crippen LogP contribution is -2.39. The Hall–Kier alpha value is -2.24. The standard InChI is InChI=1S/C26H32ClN3O5S2/c1-18(2)37(32,33)20-7-5-19(6-8-20)17-23(31)30(12-4-11-29-13-15-35-16-14-29)26-28-24-22(34-3)10-9-21(27)25(24)36-26/h5-10,18H,4,11-17H2,1-3H3. The van der Waals surface area contributed by atoms with E-state index in [-0.39, 0.29) is 17.2 Å². The van der Waals surface area contributed by atoms with Gasteiger partial charge in [0.05, 0.1) is 46.6 Å². The fourth-order valence-electron chi connectivity index (χ4n) is 4.16. The van der Waals surface area contributed by atoms with Crippen molar-refractivity contribution in [3.05, 3.63) is 47.0 Å². The quantitative estimate of drug-likeness (QED) is 0.359. The first-order chi connectivity index (χ1) is 17.7. The number of carbonyl (C=O) groups excluding carboxylic acids is 1. The first-order valence-electron chi connectivity index (χ1n) is 12.3. The minimum absolute atomic E-state index is 0.115. The summed E-state index contributed by atoms with van der Waals surface area (Å²) in [5, 5.41) is 0.611. The molecule has 1 fully saturated rings. The lowest BCUT2D eigenvalue weighted by molar-refractivity contribution is -0.118. The Morgan fingerprint density at radius 3 is 2.54 bits per heavy atom. The van der Waals surface area contributed by atoms with E-state index >= 15 is 0 Å². The van der Waals surface area contributed by atoms with Crippen molar-refractivity contribution in [1.82, 2.24) is 9.88 Å². The van der Waals surface area contributed by atoms with Crippen LogP contribution in [0.25, 0.3) is 10.2 Å². The van der Waals surface area contributed by atoms with Gasteiger partial charge in [-0.1, -0.05) is 35.1 Å². The lowest BCUT2D eigenvalue weighted by atomic mass is 10.1. The zero-order chi connectivity index (χ0) is 26.6. The number of amides is 1. The Morgan fingerprint density at radius 1 is 1.19 bits per heavy atom. The number of thiazole rings is 1. The maximum atomic E-state index is 13.6. The maximum Gasteiger partial charge on any atom is 0.233 e. The van der Waals surface area contributed by atoms with Crippen LogP contribution >= 0.6 is 22.9 Å². The summed E-state index contributed by atoms with van der Waals surface area (Å²) in [7, 11) is -1.79. The molecule has 11 heteroatoms. The van der Waals surface area contributed by atoms with Crippen molar-refractivity contribution in [2.75, 3.05) is 51.4 Å². The first kappa shape index (κ1) is 27.8. The van der Waals surface area contributed by atoms with Gasteiger partial charge < -0.3 is 9.47 Å². The van der Waals surface area contributed by atoms with Crippen molar-refractivity contribution in [2.45, 2.75) is 36.8 Å². The molecule has 0 bridgehead atoms. The van der Waals surface area contributed by atoms with Crippen LogP contribution in [0, 0.1) is 0 Å². The van der Waals surface area contributed by atoms with Crippen LogP contribution in [0.2, 0.25) is 5.02 Å². The molecule has 4 rings (SSSR count). The highest BCUT2D eigenvalue weighted by Gasteiger charge is 2.24. The first-order valence-corrected chi connectivity index (χ1v) is 15.0. The lowest BCUT2D eigenvalue weighted by Gasteiger charge is -2.27. The number of methoxy groups -OCH3 is 1. The Bertz CT molecular complexity index is 1340. The molecular weight excluding hydrogens is 534 g/mol. The van der Waals surface area contributed by atoms with Gasteiger partial charge in [0.25, 0.3) is 0 Å². The smallest absolute Gasteiger partial charge is 0.233 e. The fraction of sp³-hybridized carbons (Fsp3) is 0.462. The summed E-state index contributed by atoms with van der Waals surface area (Å²) in [5.41, 5.74) is 1.37. The average Bonchev–Trinajstić information content (AvgIpc) is 3.33. The molecule has 1 amide bonds. The van der Waals surface area contributed by atoms with Crippen LogP contribution in [-0.4, -0.2) is 76.0 Å². The van der Waals surface area contributed by atoms with E-state index in [0.29, 0.717) is 28.0 Å². The summed E-state index contributed by atoms with van der Waals surface area (Å²) in [6.07, 6.45) is 0.901. The number of sulfone groups is 1. The predicted molar refractivity (Wildman–Crippen MR) is 148 cm³/mol. The van der Waals surface area contributed by atoms with E-state index in [1.165, 1.54) is 11.3 Å². The van der Waals surface area contributed by atoms with E-state index < -0.39 is 15.1 Å². The predicted octanol–water partition coefficient (Wildman–Crippen LogP) is 4.44. The molecule has 1 saturated heterocycles. The van der Waals surface area contributed by atoms with Gasteiger partial charge in [-0.3, -0.25) is 14.6 Å². The molecule has 2 heterocycles. The topological polar surface area (TPSA) is 89.0 Å². The number of morpholine rings is 1. The second-order valence-electron chi connectivity index (χ2n) is 9.19. The van der Waals surface area contributed by atoms with Gasteiger partial charge in [0.15, 0.2) is 15.0 Å². The molecule has 8 nitrogen and oxygen atoms in total. The summed E-state index contributed by atoms with van der Waals surface area (Å²) in [6, 6.07) is 10.1. The summed E-state index contributed by atoms with van der Waals surface area (Å²) in [4.78, 5) is 22.6. The van der Waals surface area contributed by atoms with Crippen LogP contribution < -0.4 is 9.64 Å². The van der Waals surface area contributed by atoms with Crippen molar-refractivity contribution in [3.8, 4) is 5.75 Å². The minimum atomic E-state index is -3.37. The molecule has 0 spiro atoms. The van der Waals surface area contributed by atoms with E-state index in [2.05, 4.69) is 4.90 Å². The number of fused-ring (bicyclic) bond motifs is 1. The molecule has 1 aliphatic heterocycles. The zero-order valence-corrected chi connectivity index (χ0v) is 23.7. The summed E-state index contributed by atoms with van der Waals surface area (Å²) < 4.78 is 36.6. The van der Waals surface area contributed by atoms with Crippen LogP contribution in [0.5, 0.6) is 5.75 Å². The van der Waals surface area contributed by atoms with Crippen LogP contribution in [0.4, 0.5) is 5.13 Å². The molecule has 0 aliphatic carbocycles. The van der Waals surface area contributed by atoms with Crippen molar-refractivity contribution in [1.29, 1.82) is 0 Å². The normalized spacial score (nSPS) is 14.8. The summed E-state index contributed by atoms with van der Waals surface area (Å²) in [6.45, 7) is 7.87. The number of ether oxygens (including phenoxy) is 2. The van der Waals surface area contributed by atoms with Crippen LogP contribution in [0.1, 0.15) is 25.8 Å². The number of hydrogen-bond acceptors (Lipinski definition) is 8. The van der Waals surface area contributed by atoms with Gasteiger partial charge in [-0.15, -0.1) is 0 Å². The van der Waals surface area contributed by atoms with Crippen LogP contribution in [0.3, 0.4) is 0 Å². The molecule has 0 atom stereocenters. The third-order valence-corrected chi connectivity index (χ3v) is 10.1. The van der Waals surface area contributed by atoms with Gasteiger partial charge in [-0.05, 0) is 50.1 Å². The molecule has 1 aliphatic rings. The van der Waals surface area contributed by atoms with Gasteiger partial charge >= 0.3 is 0 Å². The number of benzene rings is 2. The zero-order valence-electron chi connectivity index (χ0n) is 21.3. The van der Waals surface area contributed by atoms with Crippen LogP contribution in [0.15, 0.2) is 41.3 Å². The second kappa shape index (κ2) is 12.1. The molecule has 0 N–H and O–H groups in total. The largest absolute Gasteiger partial charge is 0.494 e. The number of anilines is 1. The fourth-order valence-corrected chi connectivity index (χ4v) is 6.52. The van der Waals surface area contributed by atoms with E-state index in [4.69, 9.17) is 26.1 Å². The molecule has 37 heavy (non-hydrogen) atoms. The van der Waals surface area contributed by atoms with Crippen molar-refractivity contribution in [2.24, 2.45) is 0 Å². The highest BCUT2D eigenvalue weighted by molar-refractivity contribution is 7.92. The van der Waals surface area contributed by atoms with E-state index in [1.807, 2.05) is 0 Å². The number of hydrogen-bond donors (Lipinski definition) is 0. The Morgan fingerprint density at radius 2 is 1.89 bits per heavy atom. The average molecular weight is 566 g/mol. The van der Waals surface area contributed by atoms with Gasteiger partial charge in [0.2, 0.25) is 5.91 Å². The highest BCUT2D eigenvalue weighted by atomic mass is 35.5. The number of halogens is 1. The Balaban J connectivity index is 1.57. The third kappa shape index (κ3) is 6.43. The molecule has 0 saturated carbocycles. The van der Waals surface area contributed by atoms with Crippen LogP contribution in [-0.2, 0) is 25.8 Å². The number of aromatic nitrogens is 1. The Labute approximate surface area is 227 Å². The maximum absolute atomic E-state index is 13.6. The van der Waals surface area contributed by atoms with Gasteiger partial charge in [0.1, 0.15) is 11.3 Å². The molecule has 0 unspecified atom stereocenters. The summed E-state index contributed by atoms with van der Waals surface area (Å²) in [5.74, 6) is 0.486. The molecular formula is C26H32ClN3O5S2. The molecule has 1 aromatic heterocycles. The Kier molecular flexibility index (Phi) is 9.07. The van der Waals surface area contributed by atoms with Crippen molar-refractivity contribution in [3.63, 3.8) is 0 Å².